The van der Waals surface area contributed by atoms with Crippen molar-refractivity contribution in [3.8, 4) is 0 Å². The van der Waals surface area contributed by atoms with E-state index in [0.717, 1.165) is 5.69 Å². The Kier molecular flexibility index (Phi) is 2.08. The molecular weight excluding hydrogens is 219 g/mol. The number of ketones is 1. The molecule has 1 aromatic carbocycles. The molecule has 3 nitrogen and oxygen atoms in total. The molecule has 1 aromatic heterocycles. The average molecular weight is 228 g/mol. The van der Waals surface area contributed by atoms with Crippen molar-refractivity contribution in [1.82, 2.24) is 4.98 Å². The summed E-state index contributed by atoms with van der Waals surface area (Å²) in [4.78, 5) is 14.5. The predicted octanol–water partition coefficient (Wildman–Crippen LogP) is 2.80. The van der Waals surface area contributed by atoms with Crippen LogP contribution >= 0.6 is 0 Å². The van der Waals surface area contributed by atoms with Crippen molar-refractivity contribution in [1.29, 1.82) is 0 Å². The van der Waals surface area contributed by atoms with Gasteiger partial charge in [-0.15, -0.1) is 0 Å². The number of hydrogen-bond donors (Lipinski definition) is 2. The lowest BCUT2D eigenvalue weighted by Gasteiger charge is -1.96. The van der Waals surface area contributed by atoms with Gasteiger partial charge in [-0.2, -0.15) is 4.39 Å². The Morgan fingerprint density at radius 3 is 2.65 bits per heavy atom. The molecule has 0 aliphatic carbocycles. The SMILES string of the molecule is O=C1/C(=C\c2ccc(F)[nH]2)Nc2ccccc21. The molecule has 0 bridgehead atoms. The summed E-state index contributed by atoms with van der Waals surface area (Å²) >= 11 is 0. The largest absolute Gasteiger partial charge is 0.352 e. The number of benzene rings is 1. The molecule has 3 rings (SSSR count). The second-order valence-corrected chi connectivity index (χ2v) is 3.82. The van der Waals surface area contributed by atoms with Gasteiger partial charge in [0.2, 0.25) is 5.78 Å². The maximum absolute atomic E-state index is 12.8. The summed E-state index contributed by atoms with van der Waals surface area (Å²) in [5.74, 6) is -0.490. The first-order chi connectivity index (χ1) is 8.24. The van der Waals surface area contributed by atoms with E-state index in [4.69, 9.17) is 0 Å². The van der Waals surface area contributed by atoms with Gasteiger partial charge in [-0.1, -0.05) is 12.1 Å². The van der Waals surface area contributed by atoms with Crippen LogP contribution in [0.4, 0.5) is 10.1 Å². The number of anilines is 1. The van der Waals surface area contributed by atoms with Gasteiger partial charge in [-0.05, 0) is 30.3 Å². The van der Waals surface area contributed by atoms with Crippen LogP contribution in [0.15, 0.2) is 42.1 Å². The van der Waals surface area contributed by atoms with Crippen molar-refractivity contribution in [3.05, 3.63) is 59.3 Å². The Hall–Kier alpha value is -2.36. The van der Waals surface area contributed by atoms with Crippen LogP contribution in [-0.2, 0) is 0 Å². The standard InChI is InChI=1S/C13H9FN2O/c14-12-6-5-8(15-12)7-11-13(17)9-3-1-2-4-10(9)16-11/h1-7,15-16H/b11-7+. The van der Waals surface area contributed by atoms with E-state index in [1.807, 2.05) is 18.2 Å². The van der Waals surface area contributed by atoms with Crippen LogP contribution in [0, 0.1) is 5.95 Å². The number of carbonyl (C=O) groups excluding carboxylic acids is 1. The molecule has 2 aromatic rings. The zero-order valence-corrected chi connectivity index (χ0v) is 8.83. The van der Waals surface area contributed by atoms with Crippen LogP contribution in [0.3, 0.4) is 0 Å². The summed E-state index contributed by atoms with van der Waals surface area (Å²) in [6.07, 6.45) is 1.60. The highest BCUT2D eigenvalue weighted by molar-refractivity contribution is 6.20. The maximum Gasteiger partial charge on any atom is 0.211 e. The number of aromatic amines is 1. The van der Waals surface area contributed by atoms with Crippen LogP contribution in [0.5, 0.6) is 0 Å². The molecule has 0 saturated carbocycles. The lowest BCUT2D eigenvalue weighted by molar-refractivity contribution is 0.104. The van der Waals surface area contributed by atoms with Crippen LogP contribution in [0.25, 0.3) is 6.08 Å². The average Bonchev–Trinajstić information content (AvgIpc) is 2.86. The first-order valence-electron chi connectivity index (χ1n) is 5.21. The summed E-state index contributed by atoms with van der Waals surface area (Å²) in [7, 11) is 0. The molecular formula is C13H9FN2O. The number of rotatable bonds is 1. The van der Waals surface area contributed by atoms with E-state index in [1.165, 1.54) is 6.07 Å². The number of halogens is 1. The van der Waals surface area contributed by atoms with E-state index in [0.29, 0.717) is 17.0 Å². The minimum absolute atomic E-state index is 0.0735. The topological polar surface area (TPSA) is 44.9 Å². The molecule has 17 heavy (non-hydrogen) atoms. The monoisotopic (exact) mass is 228 g/mol. The quantitative estimate of drug-likeness (QED) is 0.737. The smallest absolute Gasteiger partial charge is 0.211 e. The van der Waals surface area contributed by atoms with Crippen molar-refractivity contribution < 1.29 is 9.18 Å². The number of fused-ring (bicyclic) bond motifs is 1. The van der Waals surface area contributed by atoms with Gasteiger partial charge in [-0.25, -0.2) is 0 Å². The second kappa shape index (κ2) is 3.59. The molecule has 0 amide bonds. The molecule has 0 atom stereocenters. The molecule has 0 radical (unpaired) electrons. The number of Topliss-reactive ketones (excluding diaryl/α,β-unsaturated/α-hetero) is 1. The van der Waals surface area contributed by atoms with E-state index >= 15 is 0 Å². The van der Waals surface area contributed by atoms with Gasteiger partial charge >= 0.3 is 0 Å². The number of H-pyrrole nitrogens is 1. The molecule has 4 heteroatoms. The number of hydrogen-bond acceptors (Lipinski definition) is 2. The zero-order valence-electron chi connectivity index (χ0n) is 8.83. The van der Waals surface area contributed by atoms with Gasteiger partial charge < -0.3 is 10.3 Å². The van der Waals surface area contributed by atoms with Gasteiger partial charge in [0, 0.05) is 16.9 Å². The Labute approximate surface area is 97.0 Å². The first-order valence-corrected chi connectivity index (χ1v) is 5.21. The van der Waals surface area contributed by atoms with Crippen LogP contribution in [0.2, 0.25) is 0 Å². The lowest BCUT2D eigenvalue weighted by atomic mass is 10.1. The maximum atomic E-state index is 12.8. The molecule has 0 fully saturated rings. The van der Waals surface area contributed by atoms with E-state index in [2.05, 4.69) is 10.3 Å². The van der Waals surface area contributed by atoms with Crippen LogP contribution < -0.4 is 5.32 Å². The van der Waals surface area contributed by atoms with E-state index in [1.54, 1.807) is 18.2 Å². The Morgan fingerprint density at radius 2 is 1.94 bits per heavy atom. The van der Waals surface area contributed by atoms with Crippen molar-refractivity contribution >= 4 is 17.5 Å². The Morgan fingerprint density at radius 1 is 1.12 bits per heavy atom. The lowest BCUT2D eigenvalue weighted by Crippen LogP contribution is -1.99. The minimum Gasteiger partial charge on any atom is -0.352 e. The molecule has 84 valence electrons. The zero-order chi connectivity index (χ0) is 11.8. The molecule has 1 aliphatic heterocycles. The van der Waals surface area contributed by atoms with Crippen molar-refractivity contribution in [3.63, 3.8) is 0 Å². The van der Waals surface area contributed by atoms with E-state index in [-0.39, 0.29) is 5.78 Å². The minimum atomic E-state index is -0.417. The highest BCUT2D eigenvalue weighted by atomic mass is 19.1. The third-order valence-corrected chi connectivity index (χ3v) is 2.66. The number of nitrogens with one attached hydrogen (secondary N) is 2. The van der Waals surface area contributed by atoms with Crippen LogP contribution in [0.1, 0.15) is 16.1 Å². The number of carbonyl (C=O) groups is 1. The van der Waals surface area contributed by atoms with Crippen molar-refractivity contribution in [2.75, 3.05) is 5.32 Å². The normalized spacial score (nSPS) is 16.1. The van der Waals surface area contributed by atoms with Gasteiger partial charge in [-0.3, -0.25) is 4.79 Å². The fourth-order valence-electron chi connectivity index (χ4n) is 1.86. The summed E-state index contributed by atoms with van der Waals surface area (Å²) < 4.78 is 12.8. The van der Waals surface area contributed by atoms with E-state index in [9.17, 15) is 9.18 Å². The van der Waals surface area contributed by atoms with Crippen LogP contribution in [-0.4, -0.2) is 10.8 Å². The summed E-state index contributed by atoms with van der Waals surface area (Å²) in [6, 6.07) is 10.2. The number of para-hydroxylation sites is 1. The molecule has 0 saturated heterocycles. The Bertz CT molecular complexity index is 628. The first kappa shape index (κ1) is 9.84. The fraction of sp³-hybridized carbons (Fsp3) is 0. The van der Waals surface area contributed by atoms with Gasteiger partial charge in [0.15, 0.2) is 5.95 Å². The van der Waals surface area contributed by atoms with E-state index < -0.39 is 5.95 Å². The Balaban J connectivity index is 1.99. The van der Waals surface area contributed by atoms with Gasteiger partial charge in [0.25, 0.3) is 0 Å². The number of allylic oxidation sites excluding steroid dienone is 1. The molecule has 2 heterocycles. The fourth-order valence-corrected chi connectivity index (χ4v) is 1.86. The molecule has 2 N–H and O–H groups in total. The molecule has 1 aliphatic rings. The molecule has 0 spiro atoms. The third-order valence-electron chi connectivity index (χ3n) is 2.66. The highest BCUT2D eigenvalue weighted by Gasteiger charge is 2.23. The summed E-state index contributed by atoms with van der Waals surface area (Å²) in [6.45, 7) is 0. The predicted molar refractivity (Wildman–Crippen MR) is 63.1 cm³/mol. The highest BCUT2D eigenvalue weighted by Crippen LogP contribution is 2.28. The summed E-state index contributed by atoms with van der Waals surface area (Å²) in [5.41, 5.74) is 2.45. The third kappa shape index (κ3) is 1.63. The summed E-state index contributed by atoms with van der Waals surface area (Å²) in [5, 5.41) is 3.01. The van der Waals surface area contributed by atoms with Gasteiger partial charge in [0.05, 0.1) is 5.70 Å². The second-order valence-electron chi connectivity index (χ2n) is 3.82. The molecule has 0 unspecified atom stereocenters. The number of aromatic nitrogens is 1. The van der Waals surface area contributed by atoms with Gasteiger partial charge in [0.1, 0.15) is 0 Å². The van der Waals surface area contributed by atoms with Crippen molar-refractivity contribution in [2.24, 2.45) is 0 Å². The van der Waals surface area contributed by atoms with Crippen molar-refractivity contribution in [2.45, 2.75) is 0 Å².